The first kappa shape index (κ1) is 16.9. The summed E-state index contributed by atoms with van der Waals surface area (Å²) < 4.78 is 3.70. The van der Waals surface area contributed by atoms with Crippen LogP contribution < -0.4 is 16.6 Å². The molecule has 0 saturated heterocycles. The van der Waals surface area contributed by atoms with Crippen molar-refractivity contribution in [2.45, 2.75) is 6.10 Å². The standard InChI is InChI=1S/C13H15IN4O3S/c14-7-1-3-8(4-2-7)17-13-10(12(21)18-22-13)11(15)16-5-9(20)6-19/h1-4,9,17,19-20H,5-6H2,(H2,15,16)(H,18,21). The van der Waals surface area contributed by atoms with Gasteiger partial charge in [-0.2, -0.15) is 0 Å². The van der Waals surface area contributed by atoms with Gasteiger partial charge in [-0.1, -0.05) is 0 Å². The van der Waals surface area contributed by atoms with Crippen LogP contribution in [-0.2, 0) is 0 Å². The molecule has 0 saturated carbocycles. The first-order chi connectivity index (χ1) is 10.5. The maximum Gasteiger partial charge on any atom is 0.271 e. The number of aliphatic hydroxyl groups is 2. The van der Waals surface area contributed by atoms with Crippen molar-refractivity contribution in [3.8, 4) is 0 Å². The second-order valence-corrected chi connectivity index (χ2v) is 6.49. The van der Waals surface area contributed by atoms with E-state index in [4.69, 9.17) is 10.8 Å². The number of hydrogen-bond acceptors (Lipinski definition) is 6. The van der Waals surface area contributed by atoms with E-state index in [2.05, 4.69) is 37.3 Å². The Balaban J connectivity index is 2.24. The third kappa shape index (κ3) is 4.29. The Hall–Kier alpha value is -1.43. The Morgan fingerprint density at radius 2 is 2.14 bits per heavy atom. The molecular formula is C13H15IN4O3S. The molecule has 2 rings (SSSR count). The van der Waals surface area contributed by atoms with Gasteiger partial charge < -0.3 is 21.3 Å². The number of H-pyrrole nitrogens is 1. The third-order valence-corrected chi connectivity index (χ3v) is 4.26. The van der Waals surface area contributed by atoms with Crippen LogP contribution in [-0.4, -0.2) is 39.7 Å². The lowest BCUT2D eigenvalue weighted by Crippen LogP contribution is -2.25. The van der Waals surface area contributed by atoms with Gasteiger partial charge in [0.25, 0.3) is 5.56 Å². The molecule has 0 aliphatic heterocycles. The van der Waals surface area contributed by atoms with E-state index in [-0.39, 0.29) is 23.5 Å². The molecule has 1 aromatic carbocycles. The molecule has 0 spiro atoms. The molecule has 0 aliphatic carbocycles. The summed E-state index contributed by atoms with van der Waals surface area (Å²) in [7, 11) is 0. The van der Waals surface area contributed by atoms with E-state index < -0.39 is 12.7 Å². The van der Waals surface area contributed by atoms with Gasteiger partial charge in [0.1, 0.15) is 16.4 Å². The monoisotopic (exact) mass is 434 g/mol. The minimum Gasteiger partial charge on any atom is -0.394 e. The molecule has 1 heterocycles. The van der Waals surface area contributed by atoms with Crippen LogP contribution in [0.1, 0.15) is 5.56 Å². The summed E-state index contributed by atoms with van der Waals surface area (Å²) in [4.78, 5) is 15.8. The summed E-state index contributed by atoms with van der Waals surface area (Å²) in [5, 5.41) is 21.7. The molecule has 118 valence electrons. The van der Waals surface area contributed by atoms with Gasteiger partial charge >= 0.3 is 0 Å². The molecule has 0 fully saturated rings. The van der Waals surface area contributed by atoms with Crippen LogP contribution in [0.25, 0.3) is 0 Å². The van der Waals surface area contributed by atoms with Crippen molar-refractivity contribution in [1.82, 2.24) is 4.37 Å². The lowest BCUT2D eigenvalue weighted by atomic mass is 10.2. The molecule has 2 aromatic rings. The van der Waals surface area contributed by atoms with E-state index in [0.29, 0.717) is 5.00 Å². The number of aromatic amines is 1. The number of halogens is 1. The van der Waals surface area contributed by atoms with Gasteiger partial charge in [0, 0.05) is 9.26 Å². The fourth-order valence-electron chi connectivity index (χ4n) is 1.63. The van der Waals surface area contributed by atoms with Gasteiger partial charge in [0.05, 0.1) is 19.3 Å². The van der Waals surface area contributed by atoms with E-state index in [1.54, 1.807) is 0 Å². The van der Waals surface area contributed by atoms with Crippen molar-refractivity contribution in [3.05, 3.63) is 43.8 Å². The summed E-state index contributed by atoms with van der Waals surface area (Å²) >= 11 is 3.33. The number of nitrogens with zero attached hydrogens (tertiary/aromatic N) is 1. The molecule has 1 aromatic heterocycles. The Labute approximate surface area is 144 Å². The zero-order valence-corrected chi connectivity index (χ0v) is 14.4. The Morgan fingerprint density at radius 1 is 1.45 bits per heavy atom. The fraction of sp³-hybridized carbons (Fsp3) is 0.231. The lowest BCUT2D eigenvalue weighted by Gasteiger charge is -2.07. The predicted molar refractivity (Wildman–Crippen MR) is 96.1 cm³/mol. The van der Waals surface area contributed by atoms with E-state index in [0.717, 1.165) is 20.8 Å². The summed E-state index contributed by atoms with van der Waals surface area (Å²) in [6.45, 7) is -0.481. The van der Waals surface area contributed by atoms with Crippen LogP contribution in [0.4, 0.5) is 10.7 Å². The number of aromatic nitrogens is 1. The Kier molecular flexibility index (Phi) is 5.94. The van der Waals surface area contributed by atoms with Gasteiger partial charge in [-0.25, -0.2) is 0 Å². The minimum absolute atomic E-state index is 0.0167. The highest BCUT2D eigenvalue weighted by molar-refractivity contribution is 14.1. The number of hydrogen-bond donors (Lipinski definition) is 5. The minimum atomic E-state index is -0.996. The van der Waals surface area contributed by atoms with Crippen molar-refractivity contribution >= 4 is 50.6 Å². The van der Waals surface area contributed by atoms with E-state index in [1.807, 2.05) is 24.3 Å². The molecule has 1 atom stereocenters. The molecular weight excluding hydrogens is 419 g/mol. The first-order valence-electron chi connectivity index (χ1n) is 6.34. The van der Waals surface area contributed by atoms with Gasteiger partial charge in [-0.3, -0.25) is 14.2 Å². The van der Waals surface area contributed by atoms with E-state index >= 15 is 0 Å². The number of nitrogens with two attached hydrogens (primary N) is 1. The van der Waals surface area contributed by atoms with Crippen LogP contribution in [0.5, 0.6) is 0 Å². The second-order valence-electron chi connectivity index (χ2n) is 4.43. The Bertz CT molecular complexity index is 711. The average Bonchev–Trinajstić information content (AvgIpc) is 2.87. The summed E-state index contributed by atoms with van der Waals surface area (Å²) in [6.07, 6.45) is -0.996. The summed E-state index contributed by atoms with van der Waals surface area (Å²) in [5.74, 6) is 0.0167. The van der Waals surface area contributed by atoms with Crippen molar-refractivity contribution < 1.29 is 10.2 Å². The second kappa shape index (κ2) is 7.72. The average molecular weight is 434 g/mol. The van der Waals surface area contributed by atoms with Gasteiger partial charge in [0.2, 0.25) is 0 Å². The topological polar surface area (TPSA) is 124 Å². The van der Waals surface area contributed by atoms with Crippen molar-refractivity contribution in [1.29, 1.82) is 0 Å². The van der Waals surface area contributed by atoms with Crippen LogP contribution in [0.2, 0.25) is 0 Å². The molecule has 0 radical (unpaired) electrons. The summed E-state index contributed by atoms with van der Waals surface area (Å²) in [5.41, 5.74) is 6.53. The molecule has 0 aliphatic rings. The number of benzene rings is 1. The predicted octanol–water partition coefficient (Wildman–Crippen LogP) is 0.843. The fourth-order valence-corrected chi connectivity index (χ4v) is 2.75. The number of nitrogens with one attached hydrogen (secondary N) is 2. The van der Waals surface area contributed by atoms with Crippen LogP contribution in [0, 0.1) is 3.57 Å². The highest BCUT2D eigenvalue weighted by Crippen LogP contribution is 2.23. The lowest BCUT2D eigenvalue weighted by molar-refractivity contribution is 0.102. The molecule has 1 unspecified atom stereocenters. The van der Waals surface area contributed by atoms with Crippen LogP contribution in [0.3, 0.4) is 0 Å². The molecule has 22 heavy (non-hydrogen) atoms. The van der Waals surface area contributed by atoms with Crippen molar-refractivity contribution in [2.75, 3.05) is 18.5 Å². The largest absolute Gasteiger partial charge is 0.394 e. The highest BCUT2D eigenvalue weighted by Gasteiger charge is 2.15. The van der Waals surface area contributed by atoms with Gasteiger partial charge in [0.15, 0.2) is 0 Å². The van der Waals surface area contributed by atoms with Crippen LogP contribution >= 0.6 is 34.1 Å². The molecule has 9 heteroatoms. The maximum atomic E-state index is 11.9. The van der Waals surface area contributed by atoms with E-state index in [1.165, 1.54) is 0 Å². The van der Waals surface area contributed by atoms with Crippen molar-refractivity contribution in [3.63, 3.8) is 0 Å². The number of amidine groups is 1. The number of anilines is 2. The summed E-state index contributed by atoms with van der Waals surface area (Å²) in [6, 6.07) is 7.65. The van der Waals surface area contributed by atoms with Gasteiger partial charge in [-0.15, -0.1) is 0 Å². The first-order valence-corrected chi connectivity index (χ1v) is 8.24. The number of aliphatic imine (C=N–C) groups is 1. The SMILES string of the molecule is NC(=NCC(O)CO)c1c(Nc2ccc(I)cc2)s[nH]c1=O. The number of rotatable bonds is 6. The molecule has 0 bridgehead atoms. The van der Waals surface area contributed by atoms with Crippen LogP contribution in [0.15, 0.2) is 34.1 Å². The highest BCUT2D eigenvalue weighted by atomic mass is 127. The zero-order chi connectivity index (χ0) is 16.1. The van der Waals surface area contributed by atoms with Crippen molar-refractivity contribution in [2.24, 2.45) is 10.7 Å². The van der Waals surface area contributed by atoms with Gasteiger partial charge in [-0.05, 0) is 58.4 Å². The molecule has 7 nitrogen and oxygen atoms in total. The Morgan fingerprint density at radius 3 is 2.77 bits per heavy atom. The van der Waals surface area contributed by atoms with E-state index in [9.17, 15) is 9.90 Å². The quantitative estimate of drug-likeness (QED) is 0.262. The third-order valence-electron chi connectivity index (χ3n) is 2.74. The zero-order valence-electron chi connectivity index (χ0n) is 11.4. The molecule has 0 amide bonds. The maximum absolute atomic E-state index is 11.9. The molecule has 6 N–H and O–H groups in total. The smallest absolute Gasteiger partial charge is 0.271 e. The normalized spacial score (nSPS) is 13.1. The number of aliphatic hydroxyl groups excluding tert-OH is 2.